The standard InChI is InChI=1S/C17H27NO4/c1-17(2,3)22-13-18-15(10-7-11-19)16(20)21-12-14-8-5-4-6-9-14/h4-6,8-9,15,18-19H,7,10-13H2,1-3H3. The lowest BCUT2D eigenvalue weighted by Gasteiger charge is -2.23. The fraction of sp³-hybridized carbons (Fsp3) is 0.588. The second-order valence-corrected chi connectivity index (χ2v) is 6.12. The highest BCUT2D eigenvalue weighted by molar-refractivity contribution is 5.75. The quantitative estimate of drug-likeness (QED) is 0.541. The van der Waals surface area contributed by atoms with Crippen molar-refractivity contribution in [2.45, 2.75) is 51.9 Å². The zero-order chi connectivity index (χ0) is 16.4. The van der Waals surface area contributed by atoms with Crippen LogP contribution in [0.2, 0.25) is 0 Å². The minimum absolute atomic E-state index is 0.0459. The Bertz CT molecular complexity index is 428. The SMILES string of the molecule is CC(C)(C)OCNC(CCCO)C(=O)OCc1ccccc1. The molecule has 1 rings (SSSR count). The summed E-state index contributed by atoms with van der Waals surface area (Å²) in [6.45, 7) is 6.41. The molecule has 1 unspecified atom stereocenters. The highest BCUT2D eigenvalue weighted by Gasteiger charge is 2.20. The van der Waals surface area contributed by atoms with Gasteiger partial charge >= 0.3 is 5.97 Å². The Hall–Kier alpha value is -1.43. The van der Waals surface area contributed by atoms with E-state index in [-0.39, 0.29) is 31.5 Å². The number of benzene rings is 1. The molecule has 1 atom stereocenters. The van der Waals surface area contributed by atoms with Crippen LogP contribution in [0.5, 0.6) is 0 Å². The minimum atomic E-state index is -0.474. The van der Waals surface area contributed by atoms with Crippen LogP contribution in [0.1, 0.15) is 39.2 Å². The largest absolute Gasteiger partial charge is 0.460 e. The van der Waals surface area contributed by atoms with Crippen LogP contribution < -0.4 is 5.32 Å². The van der Waals surface area contributed by atoms with Gasteiger partial charge in [0.15, 0.2) is 0 Å². The zero-order valence-corrected chi connectivity index (χ0v) is 13.7. The zero-order valence-electron chi connectivity index (χ0n) is 13.7. The Morgan fingerprint density at radius 3 is 2.55 bits per heavy atom. The Morgan fingerprint density at radius 1 is 1.27 bits per heavy atom. The van der Waals surface area contributed by atoms with Gasteiger partial charge in [0.25, 0.3) is 0 Å². The Balaban J connectivity index is 2.45. The van der Waals surface area contributed by atoms with Gasteiger partial charge in [0.1, 0.15) is 12.6 Å². The number of aliphatic hydroxyl groups excluding tert-OH is 1. The first-order chi connectivity index (χ1) is 10.4. The van der Waals surface area contributed by atoms with Gasteiger partial charge in [-0.1, -0.05) is 30.3 Å². The number of ether oxygens (including phenoxy) is 2. The topological polar surface area (TPSA) is 67.8 Å². The summed E-state index contributed by atoms with van der Waals surface area (Å²) in [6.07, 6.45) is 1.05. The van der Waals surface area contributed by atoms with Crippen LogP contribution in [-0.2, 0) is 20.9 Å². The van der Waals surface area contributed by atoms with Crippen molar-refractivity contribution >= 4 is 5.97 Å². The maximum Gasteiger partial charge on any atom is 0.323 e. The van der Waals surface area contributed by atoms with Gasteiger partial charge in [0.05, 0.1) is 12.3 Å². The lowest BCUT2D eigenvalue weighted by atomic mass is 10.1. The second kappa shape index (κ2) is 9.56. The third-order valence-corrected chi connectivity index (χ3v) is 2.99. The maximum atomic E-state index is 12.2. The summed E-state index contributed by atoms with van der Waals surface area (Å²) >= 11 is 0. The van der Waals surface area contributed by atoms with Gasteiger partial charge in [0, 0.05) is 6.61 Å². The monoisotopic (exact) mass is 309 g/mol. The van der Waals surface area contributed by atoms with E-state index in [2.05, 4.69) is 5.32 Å². The summed E-state index contributed by atoms with van der Waals surface area (Å²) in [5.74, 6) is -0.324. The molecule has 0 bridgehead atoms. The fourth-order valence-corrected chi connectivity index (χ4v) is 1.79. The molecule has 0 radical (unpaired) electrons. The Morgan fingerprint density at radius 2 is 1.95 bits per heavy atom. The highest BCUT2D eigenvalue weighted by Crippen LogP contribution is 2.08. The van der Waals surface area contributed by atoms with E-state index in [4.69, 9.17) is 14.6 Å². The molecular formula is C17H27NO4. The summed E-state index contributed by atoms with van der Waals surface area (Å²) in [4.78, 5) is 12.2. The van der Waals surface area contributed by atoms with Crippen molar-refractivity contribution in [3.63, 3.8) is 0 Å². The van der Waals surface area contributed by atoms with Crippen LogP contribution in [-0.4, -0.2) is 36.1 Å². The first-order valence-electron chi connectivity index (χ1n) is 7.61. The van der Waals surface area contributed by atoms with E-state index in [1.54, 1.807) is 0 Å². The average molecular weight is 309 g/mol. The number of esters is 1. The van der Waals surface area contributed by atoms with Crippen molar-refractivity contribution in [1.82, 2.24) is 5.32 Å². The van der Waals surface area contributed by atoms with Crippen LogP contribution in [0, 0.1) is 0 Å². The third kappa shape index (κ3) is 8.12. The molecule has 5 heteroatoms. The molecule has 0 spiro atoms. The number of carbonyl (C=O) groups is 1. The number of carbonyl (C=O) groups excluding carboxylic acids is 1. The lowest BCUT2D eigenvalue weighted by Crippen LogP contribution is -2.41. The van der Waals surface area contributed by atoms with Crippen molar-refractivity contribution in [2.75, 3.05) is 13.3 Å². The number of nitrogens with one attached hydrogen (secondary N) is 1. The van der Waals surface area contributed by atoms with E-state index in [1.165, 1.54) is 0 Å². The number of aliphatic hydroxyl groups is 1. The molecule has 0 heterocycles. The number of hydrogen-bond acceptors (Lipinski definition) is 5. The fourth-order valence-electron chi connectivity index (χ4n) is 1.79. The van der Waals surface area contributed by atoms with Crippen LogP contribution in [0.15, 0.2) is 30.3 Å². The molecule has 0 saturated carbocycles. The van der Waals surface area contributed by atoms with Crippen LogP contribution >= 0.6 is 0 Å². The summed E-state index contributed by atoms with van der Waals surface area (Å²) in [5, 5.41) is 12.0. The van der Waals surface area contributed by atoms with Crippen molar-refractivity contribution in [3.05, 3.63) is 35.9 Å². The number of rotatable bonds is 9. The Labute approximate surface area is 132 Å². The molecule has 22 heavy (non-hydrogen) atoms. The molecule has 0 amide bonds. The van der Waals surface area contributed by atoms with Crippen molar-refractivity contribution < 1.29 is 19.4 Å². The van der Waals surface area contributed by atoms with Gasteiger partial charge in [-0.25, -0.2) is 0 Å². The summed E-state index contributed by atoms with van der Waals surface area (Å²) < 4.78 is 10.9. The molecule has 2 N–H and O–H groups in total. The summed E-state index contributed by atoms with van der Waals surface area (Å²) in [6, 6.07) is 9.07. The smallest absolute Gasteiger partial charge is 0.323 e. The minimum Gasteiger partial charge on any atom is -0.460 e. The van der Waals surface area contributed by atoms with Gasteiger partial charge in [-0.3, -0.25) is 10.1 Å². The average Bonchev–Trinajstić information content (AvgIpc) is 2.48. The van der Waals surface area contributed by atoms with Crippen molar-refractivity contribution in [2.24, 2.45) is 0 Å². The molecular weight excluding hydrogens is 282 g/mol. The lowest BCUT2D eigenvalue weighted by molar-refractivity contribution is -0.149. The first kappa shape index (κ1) is 18.6. The van der Waals surface area contributed by atoms with Crippen molar-refractivity contribution in [1.29, 1.82) is 0 Å². The molecule has 1 aromatic rings. The maximum absolute atomic E-state index is 12.2. The van der Waals surface area contributed by atoms with Crippen molar-refractivity contribution in [3.8, 4) is 0 Å². The van der Waals surface area contributed by atoms with Gasteiger partial charge in [-0.2, -0.15) is 0 Å². The normalized spacial score (nSPS) is 12.9. The molecule has 124 valence electrons. The van der Waals surface area contributed by atoms with Gasteiger partial charge in [0.2, 0.25) is 0 Å². The molecule has 0 aliphatic carbocycles. The van der Waals surface area contributed by atoms with E-state index >= 15 is 0 Å². The molecule has 0 aliphatic rings. The second-order valence-electron chi connectivity index (χ2n) is 6.12. The van der Waals surface area contributed by atoms with E-state index < -0.39 is 6.04 Å². The summed E-state index contributed by atoms with van der Waals surface area (Å²) in [5.41, 5.74) is 0.672. The molecule has 0 aliphatic heterocycles. The van der Waals surface area contributed by atoms with Crippen LogP contribution in [0.4, 0.5) is 0 Å². The van der Waals surface area contributed by atoms with Gasteiger partial charge < -0.3 is 14.6 Å². The van der Waals surface area contributed by atoms with Gasteiger partial charge in [-0.15, -0.1) is 0 Å². The van der Waals surface area contributed by atoms with Crippen LogP contribution in [0.25, 0.3) is 0 Å². The molecule has 0 aromatic heterocycles. The third-order valence-electron chi connectivity index (χ3n) is 2.99. The molecule has 5 nitrogen and oxygen atoms in total. The predicted octanol–water partition coefficient (Wildman–Crippen LogP) is 2.23. The molecule has 0 saturated heterocycles. The van der Waals surface area contributed by atoms with Crippen LogP contribution in [0.3, 0.4) is 0 Å². The van der Waals surface area contributed by atoms with Gasteiger partial charge in [-0.05, 0) is 39.2 Å². The van der Waals surface area contributed by atoms with E-state index in [9.17, 15) is 4.79 Å². The molecule has 1 aromatic carbocycles. The predicted molar refractivity (Wildman–Crippen MR) is 85.2 cm³/mol. The van der Waals surface area contributed by atoms with E-state index in [0.29, 0.717) is 12.8 Å². The highest BCUT2D eigenvalue weighted by atomic mass is 16.5. The first-order valence-corrected chi connectivity index (χ1v) is 7.61. The number of hydrogen-bond donors (Lipinski definition) is 2. The molecule has 0 fully saturated rings. The van der Waals surface area contributed by atoms with E-state index in [0.717, 1.165) is 5.56 Å². The summed E-state index contributed by atoms with van der Waals surface area (Å²) in [7, 11) is 0. The van der Waals surface area contributed by atoms with E-state index in [1.807, 2.05) is 51.1 Å². The Kier molecular flexibility index (Phi) is 8.09.